The summed E-state index contributed by atoms with van der Waals surface area (Å²) in [5.74, 6) is -0.208. The highest BCUT2D eigenvalue weighted by molar-refractivity contribution is 7.13. The van der Waals surface area contributed by atoms with E-state index in [0.29, 0.717) is 6.42 Å². The zero-order chi connectivity index (χ0) is 12.8. The first-order valence-corrected chi connectivity index (χ1v) is 6.58. The van der Waals surface area contributed by atoms with E-state index in [1.807, 2.05) is 35.7 Å². The Balaban J connectivity index is 1.92. The third kappa shape index (κ3) is 3.56. The third-order valence-corrected chi connectivity index (χ3v) is 3.05. The molecule has 5 heteroatoms. The van der Waals surface area contributed by atoms with E-state index in [4.69, 9.17) is 4.74 Å². The van der Waals surface area contributed by atoms with Crippen LogP contribution in [0.1, 0.15) is 19.0 Å². The predicted molar refractivity (Wildman–Crippen MR) is 71.9 cm³/mol. The molecule has 0 aliphatic heterocycles. The lowest BCUT2D eigenvalue weighted by Gasteiger charge is -2.01. The van der Waals surface area contributed by atoms with Gasteiger partial charge in [0, 0.05) is 17.5 Å². The van der Waals surface area contributed by atoms with Crippen molar-refractivity contribution in [2.24, 2.45) is 0 Å². The fraction of sp³-hybridized carbons (Fsp3) is 0.231. The standard InChI is InChI=1S/C13H14N2O2S/c1-2-12(16)17-8-11-9-18-13(15-11)14-10-6-4-3-5-7-10/h3-7,9H,2,8H2,1H3,(H,14,15). The fourth-order valence-electron chi connectivity index (χ4n) is 1.33. The van der Waals surface area contributed by atoms with E-state index in [1.54, 1.807) is 6.92 Å². The molecule has 1 N–H and O–H groups in total. The number of benzene rings is 1. The molecule has 2 rings (SSSR count). The second kappa shape index (κ2) is 6.16. The lowest BCUT2D eigenvalue weighted by atomic mass is 10.3. The van der Waals surface area contributed by atoms with Crippen molar-refractivity contribution in [1.29, 1.82) is 0 Å². The van der Waals surface area contributed by atoms with Crippen LogP contribution in [0.25, 0.3) is 0 Å². The number of anilines is 2. The number of hydrogen-bond donors (Lipinski definition) is 1. The first kappa shape index (κ1) is 12.6. The van der Waals surface area contributed by atoms with Crippen molar-refractivity contribution in [3.05, 3.63) is 41.4 Å². The normalized spacial score (nSPS) is 10.1. The predicted octanol–water partition coefficient (Wildman–Crippen LogP) is 3.34. The van der Waals surface area contributed by atoms with Gasteiger partial charge in [-0.2, -0.15) is 0 Å². The molecule has 1 aromatic carbocycles. The Hall–Kier alpha value is -1.88. The highest BCUT2D eigenvalue weighted by atomic mass is 32.1. The van der Waals surface area contributed by atoms with Crippen molar-refractivity contribution in [2.45, 2.75) is 20.0 Å². The summed E-state index contributed by atoms with van der Waals surface area (Å²) >= 11 is 1.49. The number of nitrogens with one attached hydrogen (secondary N) is 1. The maximum absolute atomic E-state index is 11.0. The minimum absolute atomic E-state index is 0.208. The minimum Gasteiger partial charge on any atom is -0.459 e. The smallest absolute Gasteiger partial charge is 0.305 e. The van der Waals surface area contributed by atoms with Gasteiger partial charge in [0.1, 0.15) is 6.61 Å². The molecule has 0 saturated carbocycles. The molecule has 0 aliphatic carbocycles. The van der Waals surface area contributed by atoms with Crippen LogP contribution in [0.4, 0.5) is 10.8 Å². The molecule has 0 fully saturated rings. The molecule has 0 aliphatic rings. The van der Waals surface area contributed by atoms with Crippen molar-refractivity contribution in [3.8, 4) is 0 Å². The van der Waals surface area contributed by atoms with Crippen LogP contribution < -0.4 is 5.32 Å². The van der Waals surface area contributed by atoms with Crippen molar-refractivity contribution < 1.29 is 9.53 Å². The Bertz CT molecular complexity index is 511. The first-order chi connectivity index (χ1) is 8.78. The van der Waals surface area contributed by atoms with Crippen LogP contribution in [0.2, 0.25) is 0 Å². The summed E-state index contributed by atoms with van der Waals surface area (Å²) in [7, 11) is 0. The Morgan fingerprint density at radius 3 is 2.89 bits per heavy atom. The number of rotatable bonds is 5. The number of carbonyl (C=O) groups is 1. The van der Waals surface area contributed by atoms with Gasteiger partial charge in [-0.1, -0.05) is 25.1 Å². The fourth-order valence-corrected chi connectivity index (χ4v) is 2.05. The van der Waals surface area contributed by atoms with Crippen molar-refractivity contribution in [2.75, 3.05) is 5.32 Å². The summed E-state index contributed by atoms with van der Waals surface area (Å²) < 4.78 is 5.02. The quantitative estimate of drug-likeness (QED) is 0.840. The van der Waals surface area contributed by atoms with E-state index in [9.17, 15) is 4.79 Å². The van der Waals surface area contributed by atoms with Crippen molar-refractivity contribution in [3.63, 3.8) is 0 Å². The van der Waals surface area contributed by atoms with Crippen molar-refractivity contribution in [1.82, 2.24) is 4.98 Å². The van der Waals surface area contributed by atoms with E-state index in [1.165, 1.54) is 11.3 Å². The van der Waals surface area contributed by atoms with Crippen molar-refractivity contribution >= 4 is 28.1 Å². The van der Waals surface area contributed by atoms with Crippen LogP contribution in [0.5, 0.6) is 0 Å². The number of hydrogen-bond acceptors (Lipinski definition) is 5. The van der Waals surface area contributed by atoms with E-state index >= 15 is 0 Å². The molecule has 1 heterocycles. The molecule has 18 heavy (non-hydrogen) atoms. The molecule has 4 nitrogen and oxygen atoms in total. The largest absolute Gasteiger partial charge is 0.459 e. The lowest BCUT2D eigenvalue weighted by Crippen LogP contribution is -2.02. The second-order valence-corrected chi connectivity index (χ2v) is 4.51. The van der Waals surface area contributed by atoms with Gasteiger partial charge in [-0.25, -0.2) is 4.98 Å². The van der Waals surface area contributed by atoms with E-state index in [0.717, 1.165) is 16.5 Å². The summed E-state index contributed by atoms with van der Waals surface area (Å²) in [5.41, 5.74) is 1.75. The summed E-state index contributed by atoms with van der Waals surface area (Å²) in [6.45, 7) is 2.01. The van der Waals surface area contributed by atoms with E-state index in [2.05, 4.69) is 10.3 Å². The van der Waals surface area contributed by atoms with Crippen LogP contribution in [0, 0.1) is 0 Å². The molecule has 0 saturated heterocycles. The maximum Gasteiger partial charge on any atom is 0.305 e. The maximum atomic E-state index is 11.0. The van der Waals surface area contributed by atoms with E-state index < -0.39 is 0 Å². The Morgan fingerprint density at radius 2 is 2.17 bits per heavy atom. The van der Waals surface area contributed by atoms with Gasteiger partial charge in [-0.05, 0) is 12.1 Å². The number of ether oxygens (including phenoxy) is 1. The molecule has 0 amide bonds. The van der Waals surface area contributed by atoms with Crippen LogP contribution in [0.15, 0.2) is 35.7 Å². The number of esters is 1. The number of thiazole rings is 1. The minimum atomic E-state index is -0.208. The number of carbonyl (C=O) groups excluding carboxylic acids is 1. The van der Waals surface area contributed by atoms with Gasteiger partial charge in [0.15, 0.2) is 5.13 Å². The monoisotopic (exact) mass is 262 g/mol. The molecule has 0 atom stereocenters. The summed E-state index contributed by atoms with van der Waals surface area (Å²) in [4.78, 5) is 15.4. The molecule has 0 unspecified atom stereocenters. The average molecular weight is 262 g/mol. The van der Waals surface area contributed by atoms with Gasteiger partial charge in [-0.15, -0.1) is 11.3 Å². The topological polar surface area (TPSA) is 51.2 Å². The van der Waals surface area contributed by atoms with Crippen LogP contribution in [0.3, 0.4) is 0 Å². The van der Waals surface area contributed by atoms with Gasteiger partial charge >= 0.3 is 5.97 Å². The molecule has 2 aromatic rings. The SMILES string of the molecule is CCC(=O)OCc1csc(Nc2ccccc2)n1. The molecular formula is C13H14N2O2S. The molecule has 0 bridgehead atoms. The lowest BCUT2D eigenvalue weighted by molar-refractivity contribution is -0.144. The van der Waals surface area contributed by atoms with E-state index in [-0.39, 0.29) is 12.6 Å². The Morgan fingerprint density at radius 1 is 1.39 bits per heavy atom. The van der Waals surface area contributed by atoms with Gasteiger partial charge in [0.25, 0.3) is 0 Å². The zero-order valence-corrected chi connectivity index (χ0v) is 10.9. The number of para-hydroxylation sites is 1. The van der Waals surface area contributed by atoms with Gasteiger partial charge in [-0.3, -0.25) is 4.79 Å². The van der Waals surface area contributed by atoms with Gasteiger partial charge in [0.2, 0.25) is 0 Å². The molecular weight excluding hydrogens is 248 g/mol. The van der Waals surface area contributed by atoms with Crippen LogP contribution >= 0.6 is 11.3 Å². The zero-order valence-electron chi connectivity index (χ0n) is 10.1. The van der Waals surface area contributed by atoms with Crippen LogP contribution in [-0.4, -0.2) is 11.0 Å². The van der Waals surface area contributed by atoms with Gasteiger partial charge in [0.05, 0.1) is 5.69 Å². The number of nitrogens with zero attached hydrogens (tertiary/aromatic N) is 1. The molecule has 94 valence electrons. The average Bonchev–Trinajstić information content (AvgIpc) is 2.85. The summed E-state index contributed by atoms with van der Waals surface area (Å²) in [5, 5.41) is 5.87. The molecule has 0 radical (unpaired) electrons. The Labute approximate surface area is 110 Å². The Kier molecular flexibility index (Phi) is 4.30. The summed E-state index contributed by atoms with van der Waals surface area (Å²) in [6, 6.07) is 9.82. The highest BCUT2D eigenvalue weighted by Crippen LogP contribution is 2.20. The first-order valence-electron chi connectivity index (χ1n) is 5.70. The molecule has 0 spiro atoms. The van der Waals surface area contributed by atoms with Gasteiger partial charge < -0.3 is 10.1 Å². The third-order valence-electron chi connectivity index (χ3n) is 2.25. The highest BCUT2D eigenvalue weighted by Gasteiger charge is 2.05. The second-order valence-electron chi connectivity index (χ2n) is 3.65. The van der Waals surface area contributed by atoms with Crippen LogP contribution in [-0.2, 0) is 16.1 Å². The molecule has 1 aromatic heterocycles. The summed E-state index contributed by atoms with van der Waals surface area (Å²) in [6.07, 6.45) is 0.388. The number of aromatic nitrogens is 1.